The number of non-ortho nitro benzene ring substituents is 1. The maximum Gasteiger partial charge on any atom is 0.281 e. The SMILES string of the molecule is CN(C)CCNc1ccc([N+](=O)[O-])cc1S(=O)(=O)N(C)N=Cc1cnn2ccc(C#N)cc12.Cl. The summed E-state index contributed by atoms with van der Waals surface area (Å²) in [7, 11) is 0.762. The number of hydrogen-bond donors (Lipinski definition) is 1. The summed E-state index contributed by atoms with van der Waals surface area (Å²) in [5.74, 6) is 0. The Labute approximate surface area is 202 Å². The summed E-state index contributed by atoms with van der Waals surface area (Å²) in [5, 5.41) is 31.5. The van der Waals surface area contributed by atoms with Gasteiger partial charge in [0.1, 0.15) is 4.90 Å². The molecule has 1 N–H and O–H groups in total. The highest BCUT2D eigenvalue weighted by Crippen LogP contribution is 2.28. The molecule has 3 aromatic rings. The molecule has 14 heteroatoms. The predicted molar refractivity (Wildman–Crippen MR) is 130 cm³/mol. The number of nitrogens with one attached hydrogen (secondary N) is 1. The minimum absolute atomic E-state index is 0. The van der Waals surface area contributed by atoms with Gasteiger partial charge in [-0.05, 0) is 32.3 Å². The number of hydrazone groups is 1. The largest absolute Gasteiger partial charge is 0.383 e. The van der Waals surface area contributed by atoms with Crippen LogP contribution < -0.4 is 5.32 Å². The van der Waals surface area contributed by atoms with Crippen LogP contribution in [0.15, 0.2) is 52.7 Å². The summed E-state index contributed by atoms with van der Waals surface area (Å²) in [6.07, 6.45) is 4.40. The fraction of sp³-hybridized carbons (Fsp3) is 0.250. The van der Waals surface area contributed by atoms with Crippen LogP contribution in [0.5, 0.6) is 0 Å². The van der Waals surface area contributed by atoms with Crippen molar-refractivity contribution in [2.24, 2.45) is 5.10 Å². The zero-order valence-corrected chi connectivity index (χ0v) is 20.2. The van der Waals surface area contributed by atoms with E-state index in [4.69, 9.17) is 5.26 Å². The van der Waals surface area contributed by atoms with Crippen LogP contribution in [0, 0.1) is 21.4 Å². The Balaban J connectivity index is 0.00000408. The standard InChI is InChI=1S/C20H22N8O4S.ClH/c1-25(2)9-7-22-18-5-4-17(28(29)30)11-20(18)33(31,32)26(3)23-13-16-14-24-27-8-6-15(12-21)10-19(16)27;/h4-6,8,10-11,13-14,22H,7,9H2,1-3H3;1H. The molecule has 0 amide bonds. The van der Waals surface area contributed by atoms with E-state index < -0.39 is 14.9 Å². The van der Waals surface area contributed by atoms with Gasteiger partial charge in [0, 0.05) is 44.0 Å². The minimum Gasteiger partial charge on any atom is -0.383 e. The second-order valence-electron chi connectivity index (χ2n) is 7.31. The molecule has 3 rings (SSSR count). The van der Waals surface area contributed by atoms with Gasteiger partial charge in [-0.25, -0.2) is 4.52 Å². The van der Waals surface area contributed by atoms with Gasteiger partial charge < -0.3 is 10.2 Å². The number of nitro benzene ring substituents is 1. The summed E-state index contributed by atoms with van der Waals surface area (Å²) in [5.41, 5.74) is 1.38. The fourth-order valence-corrected chi connectivity index (χ4v) is 4.06. The van der Waals surface area contributed by atoms with E-state index in [2.05, 4.69) is 15.5 Å². The Kier molecular flexibility index (Phi) is 8.52. The number of fused-ring (bicyclic) bond motifs is 1. The van der Waals surface area contributed by atoms with Gasteiger partial charge in [0.05, 0.1) is 40.2 Å². The Morgan fingerprint density at radius 2 is 2.03 bits per heavy atom. The zero-order chi connectivity index (χ0) is 24.2. The topological polar surface area (TPSA) is 149 Å². The number of pyridine rings is 1. The molecule has 0 bridgehead atoms. The number of rotatable bonds is 9. The van der Waals surface area contributed by atoms with Crippen LogP contribution in [-0.2, 0) is 10.0 Å². The molecule has 0 aliphatic carbocycles. The molecule has 0 aliphatic heterocycles. The third kappa shape index (κ3) is 5.79. The lowest BCUT2D eigenvalue weighted by molar-refractivity contribution is -0.385. The summed E-state index contributed by atoms with van der Waals surface area (Å²) in [6.45, 7) is 1.06. The van der Waals surface area contributed by atoms with Crippen molar-refractivity contribution in [1.29, 1.82) is 5.26 Å². The number of aromatic nitrogens is 2. The number of benzene rings is 1. The lowest BCUT2D eigenvalue weighted by atomic mass is 10.2. The van der Waals surface area contributed by atoms with Gasteiger partial charge in [0.2, 0.25) is 0 Å². The highest BCUT2D eigenvalue weighted by molar-refractivity contribution is 7.89. The van der Waals surface area contributed by atoms with Crippen molar-refractivity contribution in [3.63, 3.8) is 0 Å². The second kappa shape index (κ2) is 10.9. The fourth-order valence-electron chi connectivity index (χ4n) is 2.91. The molecule has 0 radical (unpaired) electrons. The van der Waals surface area contributed by atoms with E-state index in [0.717, 1.165) is 10.5 Å². The first-order valence-corrected chi connectivity index (χ1v) is 11.1. The van der Waals surface area contributed by atoms with Crippen molar-refractivity contribution in [2.45, 2.75) is 4.90 Å². The number of anilines is 1. The zero-order valence-electron chi connectivity index (χ0n) is 18.6. The van der Waals surface area contributed by atoms with E-state index in [1.165, 1.54) is 36.1 Å². The summed E-state index contributed by atoms with van der Waals surface area (Å²) in [6, 6.07) is 8.86. The van der Waals surface area contributed by atoms with Crippen molar-refractivity contribution >= 4 is 45.5 Å². The molecule has 0 saturated carbocycles. The van der Waals surface area contributed by atoms with E-state index >= 15 is 0 Å². The minimum atomic E-state index is -4.22. The number of sulfonamides is 1. The van der Waals surface area contributed by atoms with Gasteiger partial charge in [-0.15, -0.1) is 12.4 Å². The average molecular weight is 507 g/mol. The third-order valence-corrected chi connectivity index (χ3v) is 6.40. The molecule has 0 saturated heterocycles. The highest BCUT2D eigenvalue weighted by Gasteiger charge is 2.26. The maximum absolute atomic E-state index is 13.2. The predicted octanol–water partition coefficient (Wildman–Crippen LogP) is 2.16. The maximum atomic E-state index is 13.2. The number of nitro groups is 1. The smallest absolute Gasteiger partial charge is 0.281 e. The Hall–Kier alpha value is -3.73. The first kappa shape index (κ1) is 26.5. The molecule has 12 nitrogen and oxygen atoms in total. The lowest BCUT2D eigenvalue weighted by Gasteiger charge is -2.18. The van der Waals surface area contributed by atoms with Crippen LogP contribution >= 0.6 is 12.4 Å². The molecular formula is C20H23ClN8O4S. The number of nitriles is 1. The number of nitrogens with zero attached hydrogens (tertiary/aromatic N) is 7. The van der Waals surface area contributed by atoms with Crippen LogP contribution in [0.1, 0.15) is 11.1 Å². The molecule has 0 atom stereocenters. The first-order valence-electron chi connectivity index (χ1n) is 9.71. The summed E-state index contributed by atoms with van der Waals surface area (Å²) >= 11 is 0. The van der Waals surface area contributed by atoms with E-state index in [9.17, 15) is 18.5 Å². The van der Waals surface area contributed by atoms with Crippen LogP contribution in [0.25, 0.3) is 5.52 Å². The molecule has 180 valence electrons. The average Bonchev–Trinajstić information content (AvgIpc) is 3.19. The first-order chi connectivity index (χ1) is 15.6. The highest BCUT2D eigenvalue weighted by atomic mass is 35.5. The Morgan fingerprint density at radius 3 is 2.68 bits per heavy atom. The molecular weight excluding hydrogens is 484 g/mol. The van der Waals surface area contributed by atoms with Crippen LogP contribution in [-0.4, -0.2) is 72.7 Å². The van der Waals surface area contributed by atoms with Gasteiger partial charge in [0.25, 0.3) is 15.7 Å². The van der Waals surface area contributed by atoms with Crippen LogP contribution in [0.2, 0.25) is 0 Å². The quantitative estimate of drug-likeness (QED) is 0.263. The normalized spacial score (nSPS) is 11.4. The number of likely N-dealkylation sites (N-methyl/N-ethyl adjacent to an activating group) is 1. The van der Waals surface area contributed by atoms with Crippen molar-refractivity contribution in [1.82, 2.24) is 18.9 Å². The van der Waals surface area contributed by atoms with Crippen molar-refractivity contribution < 1.29 is 13.3 Å². The molecule has 2 aromatic heterocycles. The lowest BCUT2D eigenvalue weighted by Crippen LogP contribution is -2.25. The summed E-state index contributed by atoms with van der Waals surface area (Å²) < 4.78 is 28.7. The van der Waals surface area contributed by atoms with E-state index in [1.807, 2.05) is 25.1 Å². The molecule has 0 aliphatic rings. The Morgan fingerprint density at radius 1 is 1.29 bits per heavy atom. The molecule has 0 spiro atoms. The van der Waals surface area contributed by atoms with Crippen LogP contribution in [0.4, 0.5) is 11.4 Å². The molecule has 0 fully saturated rings. The van der Waals surface area contributed by atoms with Gasteiger partial charge in [-0.1, -0.05) is 0 Å². The summed E-state index contributed by atoms with van der Waals surface area (Å²) in [4.78, 5) is 12.2. The monoisotopic (exact) mass is 506 g/mol. The van der Waals surface area contributed by atoms with E-state index in [-0.39, 0.29) is 28.7 Å². The molecule has 0 unspecified atom stereocenters. The van der Waals surface area contributed by atoms with Crippen molar-refractivity contribution in [2.75, 3.05) is 39.5 Å². The van der Waals surface area contributed by atoms with Gasteiger partial charge in [-0.3, -0.25) is 10.1 Å². The second-order valence-corrected chi connectivity index (χ2v) is 9.23. The molecule has 34 heavy (non-hydrogen) atoms. The van der Waals surface area contributed by atoms with Gasteiger partial charge in [0.15, 0.2) is 0 Å². The third-order valence-electron chi connectivity index (χ3n) is 4.72. The number of halogens is 1. The van der Waals surface area contributed by atoms with Gasteiger partial charge in [-0.2, -0.15) is 28.3 Å². The van der Waals surface area contributed by atoms with Gasteiger partial charge >= 0.3 is 0 Å². The number of hydrogen-bond acceptors (Lipinski definition) is 9. The molecule has 1 aromatic carbocycles. The van der Waals surface area contributed by atoms with E-state index in [0.29, 0.717) is 29.7 Å². The van der Waals surface area contributed by atoms with E-state index in [1.54, 1.807) is 18.3 Å². The molecule has 2 heterocycles. The van der Waals surface area contributed by atoms with Crippen LogP contribution in [0.3, 0.4) is 0 Å². The Bertz CT molecular complexity index is 1360. The van der Waals surface area contributed by atoms with Crippen molar-refractivity contribution in [3.05, 3.63) is 64.0 Å². The van der Waals surface area contributed by atoms with Crippen molar-refractivity contribution in [3.8, 4) is 6.07 Å².